The number of ether oxygens (including phenoxy) is 1. The molecule has 0 aliphatic carbocycles. The SMILES string of the molecule is O=c1c2scnc2c(Br)cn1-c1ccc(OC(F)(F)F)cc1. The molecule has 0 aliphatic rings. The smallest absolute Gasteiger partial charge is 0.406 e. The molecule has 0 saturated carbocycles. The monoisotopic (exact) mass is 390 g/mol. The number of aromatic nitrogens is 2. The highest BCUT2D eigenvalue weighted by Gasteiger charge is 2.31. The van der Waals surface area contributed by atoms with E-state index in [1.807, 2.05) is 0 Å². The largest absolute Gasteiger partial charge is 0.573 e. The van der Waals surface area contributed by atoms with Crippen LogP contribution < -0.4 is 10.3 Å². The quantitative estimate of drug-likeness (QED) is 0.661. The zero-order valence-corrected chi connectivity index (χ0v) is 13.0. The highest BCUT2D eigenvalue weighted by Crippen LogP contribution is 2.26. The number of nitrogens with zero attached hydrogens (tertiary/aromatic N) is 2. The summed E-state index contributed by atoms with van der Waals surface area (Å²) in [4.78, 5) is 16.4. The molecule has 1 aromatic carbocycles. The van der Waals surface area contributed by atoms with E-state index >= 15 is 0 Å². The van der Waals surface area contributed by atoms with Crippen molar-refractivity contribution in [3.05, 3.63) is 50.8 Å². The minimum absolute atomic E-state index is 0.287. The average molecular weight is 391 g/mol. The van der Waals surface area contributed by atoms with Gasteiger partial charge in [0, 0.05) is 11.9 Å². The Morgan fingerprint density at radius 3 is 2.55 bits per heavy atom. The molecule has 3 aromatic rings. The lowest BCUT2D eigenvalue weighted by molar-refractivity contribution is -0.274. The summed E-state index contributed by atoms with van der Waals surface area (Å²) in [7, 11) is 0. The zero-order chi connectivity index (χ0) is 15.9. The molecule has 0 unspecified atom stereocenters. The number of pyridine rings is 1. The van der Waals surface area contributed by atoms with E-state index in [0.29, 0.717) is 20.4 Å². The molecule has 114 valence electrons. The van der Waals surface area contributed by atoms with Crippen molar-refractivity contribution in [2.24, 2.45) is 0 Å². The van der Waals surface area contributed by atoms with Crippen molar-refractivity contribution in [3.8, 4) is 11.4 Å². The van der Waals surface area contributed by atoms with Crippen molar-refractivity contribution < 1.29 is 17.9 Å². The maximum absolute atomic E-state index is 12.4. The maximum atomic E-state index is 12.4. The van der Waals surface area contributed by atoms with E-state index in [-0.39, 0.29) is 11.3 Å². The lowest BCUT2D eigenvalue weighted by Gasteiger charge is -2.10. The molecule has 9 heteroatoms. The van der Waals surface area contributed by atoms with E-state index in [9.17, 15) is 18.0 Å². The van der Waals surface area contributed by atoms with Crippen LogP contribution in [0.2, 0.25) is 0 Å². The minimum atomic E-state index is -4.75. The van der Waals surface area contributed by atoms with Crippen LogP contribution in [0, 0.1) is 0 Å². The van der Waals surface area contributed by atoms with Gasteiger partial charge in [-0.3, -0.25) is 9.36 Å². The van der Waals surface area contributed by atoms with Crippen molar-refractivity contribution >= 4 is 37.5 Å². The van der Waals surface area contributed by atoms with Crippen molar-refractivity contribution in [2.45, 2.75) is 6.36 Å². The first-order valence-electron chi connectivity index (χ1n) is 5.86. The van der Waals surface area contributed by atoms with E-state index in [4.69, 9.17) is 0 Å². The van der Waals surface area contributed by atoms with Gasteiger partial charge in [-0.1, -0.05) is 0 Å². The van der Waals surface area contributed by atoms with Gasteiger partial charge < -0.3 is 4.74 Å². The number of benzene rings is 1. The van der Waals surface area contributed by atoms with Gasteiger partial charge in [-0.2, -0.15) is 0 Å². The maximum Gasteiger partial charge on any atom is 0.573 e. The summed E-state index contributed by atoms with van der Waals surface area (Å²) in [6.07, 6.45) is -3.22. The number of halogens is 4. The molecular formula is C13H6BrF3N2O2S. The first kappa shape index (κ1) is 15.0. The van der Waals surface area contributed by atoms with Crippen LogP contribution in [-0.2, 0) is 0 Å². The molecule has 22 heavy (non-hydrogen) atoms. The van der Waals surface area contributed by atoms with Gasteiger partial charge in [0.15, 0.2) is 0 Å². The van der Waals surface area contributed by atoms with Crippen LogP contribution in [0.15, 0.2) is 45.2 Å². The third-order valence-corrected chi connectivity index (χ3v) is 4.19. The molecule has 0 atom stereocenters. The van der Waals surface area contributed by atoms with Gasteiger partial charge in [-0.15, -0.1) is 24.5 Å². The summed E-state index contributed by atoms with van der Waals surface area (Å²) < 4.78 is 42.6. The molecule has 0 radical (unpaired) electrons. The number of thiazole rings is 1. The summed E-state index contributed by atoms with van der Waals surface area (Å²) in [5, 5.41) is 0. The van der Waals surface area contributed by atoms with Crippen LogP contribution in [0.5, 0.6) is 5.75 Å². The van der Waals surface area contributed by atoms with Gasteiger partial charge in [-0.25, -0.2) is 4.98 Å². The van der Waals surface area contributed by atoms with Gasteiger partial charge in [0.2, 0.25) is 0 Å². The molecule has 0 amide bonds. The van der Waals surface area contributed by atoms with Gasteiger partial charge in [0.25, 0.3) is 5.56 Å². The third-order valence-electron chi connectivity index (χ3n) is 2.80. The highest BCUT2D eigenvalue weighted by atomic mass is 79.9. The molecule has 0 aliphatic heterocycles. The topological polar surface area (TPSA) is 44.1 Å². The lowest BCUT2D eigenvalue weighted by Crippen LogP contribution is -2.18. The summed E-state index contributed by atoms with van der Waals surface area (Å²) in [5.41, 5.74) is 2.26. The molecule has 0 saturated heterocycles. The van der Waals surface area contributed by atoms with Crippen molar-refractivity contribution in [1.82, 2.24) is 9.55 Å². The zero-order valence-electron chi connectivity index (χ0n) is 10.6. The lowest BCUT2D eigenvalue weighted by atomic mass is 10.3. The van der Waals surface area contributed by atoms with Gasteiger partial charge in [0.05, 0.1) is 9.98 Å². The fraction of sp³-hybridized carbons (Fsp3) is 0.0769. The Bertz CT molecular complexity index is 887. The van der Waals surface area contributed by atoms with E-state index in [1.165, 1.54) is 34.2 Å². The van der Waals surface area contributed by atoms with E-state index in [0.717, 1.165) is 12.1 Å². The summed E-state index contributed by atoms with van der Waals surface area (Å²) in [5.74, 6) is -0.345. The molecule has 4 nitrogen and oxygen atoms in total. The number of hydrogen-bond donors (Lipinski definition) is 0. The van der Waals surface area contributed by atoms with Crippen LogP contribution in [0.4, 0.5) is 13.2 Å². The molecule has 3 rings (SSSR count). The normalized spacial score (nSPS) is 11.8. The summed E-state index contributed by atoms with van der Waals surface area (Å²) in [6, 6.07) is 5.06. The fourth-order valence-electron chi connectivity index (χ4n) is 1.91. The predicted octanol–water partition coefficient (Wildman–Crippen LogP) is 4.11. The molecule has 0 fully saturated rings. The Morgan fingerprint density at radius 2 is 1.91 bits per heavy atom. The summed E-state index contributed by atoms with van der Waals surface area (Å²) >= 11 is 4.52. The second-order valence-electron chi connectivity index (χ2n) is 4.22. The third kappa shape index (κ3) is 2.86. The second kappa shape index (κ2) is 5.40. The van der Waals surface area contributed by atoms with Crippen LogP contribution in [0.3, 0.4) is 0 Å². The van der Waals surface area contributed by atoms with E-state index in [2.05, 4.69) is 25.7 Å². The standard InChI is InChI=1S/C13H6BrF3N2O2S/c14-9-5-19(12(20)11-10(9)18-6-22-11)7-1-3-8(4-2-7)21-13(15,16)17/h1-6H. The Labute approximate surface area is 133 Å². The first-order chi connectivity index (χ1) is 10.3. The Hall–Kier alpha value is -1.87. The highest BCUT2D eigenvalue weighted by molar-refractivity contribution is 9.10. The van der Waals surface area contributed by atoms with Crippen molar-refractivity contribution in [1.29, 1.82) is 0 Å². The van der Waals surface area contributed by atoms with Gasteiger partial charge in [0.1, 0.15) is 16.0 Å². The number of rotatable bonds is 2. The van der Waals surface area contributed by atoms with E-state index < -0.39 is 6.36 Å². The Morgan fingerprint density at radius 1 is 1.23 bits per heavy atom. The number of alkyl halides is 3. The number of fused-ring (bicyclic) bond motifs is 1. The predicted molar refractivity (Wildman–Crippen MR) is 79.6 cm³/mol. The molecule has 2 heterocycles. The summed E-state index contributed by atoms with van der Waals surface area (Å²) in [6.45, 7) is 0. The van der Waals surface area contributed by atoms with Crippen molar-refractivity contribution in [3.63, 3.8) is 0 Å². The van der Waals surface area contributed by atoms with Crippen LogP contribution in [-0.4, -0.2) is 15.9 Å². The molecule has 0 N–H and O–H groups in total. The van der Waals surface area contributed by atoms with Gasteiger partial charge >= 0.3 is 6.36 Å². The molecular weight excluding hydrogens is 385 g/mol. The number of hydrogen-bond acceptors (Lipinski definition) is 4. The average Bonchev–Trinajstić information content (AvgIpc) is 2.92. The fourth-order valence-corrected chi connectivity index (χ4v) is 3.28. The van der Waals surface area contributed by atoms with E-state index in [1.54, 1.807) is 5.51 Å². The Balaban J connectivity index is 2.05. The van der Waals surface area contributed by atoms with Crippen molar-refractivity contribution in [2.75, 3.05) is 0 Å². The minimum Gasteiger partial charge on any atom is -0.406 e. The van der Waals surface area contributed by atoms with Crippen LogP contribution in [0.25, 0.3) is 15.9 Å². The first-order valence-corrected chi connectivity index (χ1v) is 7.53. The van der Waals surface area contributed by atoms with Crippen LogP contribution >= 0.6 is 27.3 Å². The van der Waals surface area contributed by atoms with Crippen LogP contribution in [0.1, 0.15) is 0 Å². The Kier molecular flexibility index (Phi) is 3.69. The molecule has 0 bridgehead atoms. The van der Waals surface area contributed by atoms with Gasteiger partial charge in [-0.05, 0) is 40.2 Å². The molecule has 0 spiro atoms. The second-order valence-corrected chi connectivity index (χ2v) is 5.93. The molecule has 2 aromatic heterocycles.